The maximum atomic E-state index is 3.42. The number of aromatic amines is 1. The Balaban J connectivity index is 0.000000280. The van der Waals surface area contributed by atoms with E-state index in [-0.39, 0.29) is 0 Å². The van der Waals surface area contributed by atoms with E-state index in [9.17, 15) is 0 Å². The van der Waals surface area contributed by atoms with E-state index in [1.54, 1.807) is 12.4 Å². The summed E-state index contributed by atoms with van der Waals surface area (Å²) in [5.41, 5.74) is 0. The van der Waals surface area contributed by atoms with Gasteiger partial charge in [0.2, 0.25) is 0 Å². The van der Waals surface area contributed by atoms with Crippen LogP contribution >= 0.6 is 0 Å². The molecule has 1 aromatic rings. The zero-order valence-electron chi connectivity index (χ0n) is 9.82. The molecule has 0 radical (unpaired) electrons. The van der Waals surface area contributed by atoms with Gasteiger partial charge < -0.3 is 4.48 Å². The summed E-state index contributed by atoms with van der Waals surface area (Å²) in [5, 5.41) is 9.26. The Hall–Kier alpha value is -0.900. The highest BCUT2D eigenvalue weighted by atomic mass is 15.3. The van der Waals surface area contributed by atoms with Gasteiger partial charge in [0.05, 0.1) is 32.4 Å². The maximum absolute atomic E-state index is 3.42. The first-order valence-electron chi connectivity index (χ1n) is 5.40. The summed E-state index contributed by atoms with van der Waals surface area (Å²) in [4.78, 5) is 0. The summed E-state index contributed by atoms with van der Waals surface area (Å²) in [6, 6.07) is 0. The van der Waals surface area contributed by atoms with Crippen molar-refractivity contribution in [3.63, 3.8) is 0 Å². The molecule has 1 rings (SSSR count). The highest BCUT2D eigenvalue weighted by Crippen LogP contribution is 2.03. The van der Waals surface area contributed by atoms with E-state index in [1.807, 2.05) is 0 Å². The van der Waals surface area contributed by atoms with Crippen molar-refractivity contribution in [3.05, 3.63) is 12.4 Å². The van der Waals surface area contributed by atoms with E-state index in [4.69, 9.17) is 0 Å². The highest BCUT2D eigenvalue weighted by Gasteiger charge is 2.16. The molecule has 0 saturated carbocycles. The Labute approximate surface area is 86.9 Å². The summed E-state index contributed by atoms with van der Waals surface area (Å²) in [6.07, 6.45) is 3.24. The fourth-order valence-electron chi connectivity index (χ4n) is 1.51. The van der Waals surface area contributed by atoms with E-state index in [1.165, 1.54) is 30.7 Å². The summed E-state index contributed by atoms with van der Waals surface area (Å²) in [6.45, 7) is 14.2. The largest absolute Gasteiger partial charge is 0.325 e. The van der Waals surface area contributed by atoms with Gasteiger partial charge in [-0.25, -0.2) is 0 Å². The van der Waals surface area contributed by atoms with Crippen molar-refractivity contribution in [2.75, 3.05) is 26.2 Å². The van der Waals surface area contributed by atoms with Gasteiger partial charge in [-0.1, -0.05) is 5.21 Å². The van der Waals surface area contributed by atoms with Crippen LogP contribution in [0.4, 0.5) is 0 Å². The number of nitrogens with zero attached hydrogens (tertiary/aromatic N) is 3. The molecule has 0 aliphatic heterocycles. The normalized spacial score (nSPS) is 10.6. The van der Waals surface area contributed by atoms with Gasteiger partial charge in [0.15, 0.2) is 0 Å². The third kappa shape index (κ3) is 4.37. The quantitative estimate of drug-likeness (QED) is 0.750. The Bertz CT molecular complexity index is 157. The second-order valence-electron chi connectivity index (χ2n) is 3.27. The monoisotopic (exact) mass is 199 g/mol. The standard InChI is InChI=1S/C8H20N.C2H3N3/c1-5-9(6-2,7-3)8-4;1-2-4-5-3-1/h5-8H2,1-4H3;1-2H,(H,3,4,5)/q+1;. The third-order valence-corrected chi connectivity index (χ3v) is 3.01. The van der Waals surface area contributed by atoms with Crippen LogP contribution in [0.1, 0.15) is 27.7 Å². The fraction of sp³-hybridized carbons (Fsp3) is 0.800. The first kappa shape index (κ1) is 13.1. The van der Waals surface area contributed by atoms with Crippen molar-refractivity contribution < 1.29 is 4.48 Å². The van der Waals surface area contributed by atoms with Crippen LogP contribution in [0.3, 0.4) is 0 Å². The molecule has 1 heterocycles. The summed E-state index contributed by atoms with van der Waals surface area (Å²) < 4.78 is 1.28. The van der Waals surface area contributed by atoms with Crippen LogP contribution in [0.15, 0.2) is 12.4 Å². The smallest absolute Gasteiger partial charge is 0.0757 e. The van der Waals surface area contributed by atoms with Crippen LogP contribution in [-0.2, 0) is 0 Å². The van der Waals surface area contributed by atoms with Crippen molar-refractivity contribution >= 4 is 0 Å². The molecule has 4 heteroatoms. The number of nitrogens with one attached hydrogen (secondary N) is 1. The lowest BCUT2D eigenvalue weighted by Gasteiger charge is -2.34. The van der Waals surface area contributed by atoms with Gasteiger partial charge >= 0.3 is 0 Å². The zero-order valence-corrected chi connectivity index (χ0v) is 9.82. The molecular formula is C10H23N4+. The number of hydrogen-bond acceptors (Lipinski definition) is 2. The lowest BCUT2D eigenvalue weighted by atomic mass is 10.3. The van der Waals surface area contributed by atoms with Crippen LogP contribution in [0.2, 0.25) is 0 Å². The SMILES string of the molecule is CC[N+](CC)(CC)CC.c1c[nH]nn1. The van der Waals surface area contributed by atoms with Gasteiger partial charge in [-0.3, -0.25) is 5.10 Å². The second-order valence-corrected chi connectivity index (χ2v) is 3.27. The van der Waals surface area contributed by atoms with Crippen molar-refractivity contribution in [2.45, 2.75) is 27.7 Å². The molecule has 14 heavy (non-hydrogen) atoms. The third-order valence-electron chi connectivity index (χ3n) is 3.01. The molecule has 82 valence electrons. The number of hydrogen-bond donors (Lipinski definition) is 1. The van der Waals surface area contributed by atoms with Crippen LogP contribution in [-0.4, -0.2) is 46.1 Å². The molecule has 0 unspecified atom stereocenters. The minimum atomic E-state index is 1.28. The minimum Gasteiger partial charge on any atom is -0.325 e. The second kappa shape index (κ2) is 7.50. The summed E-state index contributed by atoms with van der Waals surface area (Å²) in [5.74, 6) is 0. The van der Waals surface area contributed by atoms with Gasteiger partial charge in [-0.2, -0.15) is 0 Å². The first-order valence-corrected chi connectivity index (χ1v) is 5.40. The molecule has 0 aromatic carbocycles. The molecule has 1 N–H and O–H groups in total. The van der Waals surface area contributed by atoms with Crippen molar-refractivity contribution in [1.29, 1.82) is 0 Å². The number of quaternary nitrogens is 1. The Morgan fingerprint density at radius 1 is 1.00 bits per heavy atom. The fourth-order valence-corrected chi connectivity index (χ4v) is 1.51. The van der Waals surface area contributed by atoms with E-state index >= 15 is 0 Å². The molecule has 0 aliphatic carbocycles. The lowest BCUT2D eigenvalue weighted by Crippen LogP contribution is -2.47. The Morgan fingerprint density at radius 3 is 1.57 bits per heavy atom. The van der Waals surface area contributed by atoms with Crippen molar-refractivity contribution in [3.8, 4) is 0 Å². The number of rotatable bonds is 4. The predicted molar refractivity (Wildman–Crippen MR) is 58.8 cm³/mol. The molecule has 1 aromatic heterocycles. The molecule has 0 saturated heterocycles. The molecule has 0 aliphatic rings. The lowest BCUT2D eigenvalue weighted by molar-refractivity contribution is -0.921. The van der Waals surface area contributed by atoms with E-state index in [0.717, 1.165) is 0 Å². The summed E-state index contributed by atoms with van der Waals surface area (Å²) >= 11 is 0. The average molecular weight is 199 g/mol. The predicted octanol–water partition coefficient (Wildman–Crippen LogP) is 1.69. The molecule has 4 nitrogen and oxygen atoms in total. The Morgan fingerprint density at radius 2 is 1.50 bits per heavy atom. The molecule has 0 atom stereocenters. The summed E-state index contributed by atoms with van der Waals surface area (Å²) in [7, 11) is 0. The first-order chi connectivity index (χ1) is 6.74. The van der Waals surface area contributed by atoms with Gasteiger partial charge in [0, 0.05) is 6.20 Å². The van der Waals surface area contributed by atoms with Crippen LogP contribution < -0.4 is 0 Å². The van der Waals surface area contributed by atoms with Gasteiger partial charge in [0.1, 0.15) is 0 Å². The number of H-pyrrole nitrogens is 1. The Kier molecular flexibility index (Phi) is 7.02. The average Bonchev–Trinajstić information content (AvgIpc) is 2.80. The van der Waals surface area contributed by atoms with Gasteiger partial charge in [0.25, 0.3) is 0 Å². The van der Waals surface area contributed by atoms with Gasteiger partial charge in [-0.15, -0.1) is 5.10 Å². The molecule has 0 fully saturated rings. The molecular weight excluding hydrogens is 176 g/mol. The topological polar surface area (TPSA) is 41.6 Å². The molecule has 0 amide bonds. The van der Waals surface area contributed by atoms with E-state index in [2.05, 4.69) is 43.1 Å². The minimum absolute atomic E-state index is 1.28. The van der Waals surface area contributed by atoms with E-state index < -0.39 is 0 Å². The van der Waals surface area contributed by atoms with E-state index in [0.29, 0.717) is 0 Å². The van der Waals surface area contributed by atoms with Crippen LogP contribution in [0.5, 0.6) is 0 Å². The van der Waals surface area contributed by atoms with Crippen LogP contribution in [0.25, 0.3) is 0 Å². The molecule has 0 bridgehead atoms. The highest BCUT2D eigenvalue weighted by molar-refractivity contribution is 4.54. The zero-order chi connectivity index (χ0) is 10.9. The molecule has 0 spiro atoms. The number of aromatic nitrogens is 3. The van der Waals surface area contributed by atoms with Crippen LogP contribution in [0, 0.1) is 0 Å². The maximum Gasteiger partial charge on any atom is 0.0757 e. The van der Waals surface area contributed by atoms with Crippen molar-refractivity contribution in [1.82, 2.24) is 15.4 Å². The van der Waals surface area contributed by atoms with Crippen molar-refractivity contribution in [2.24, 2.45) is 0 Å². The van der Waals surface area contributed by atoms with Gasteiger partial charge in [-0.05, 0) is 27.7 Å².